The first-order valence-electron chi connectivity index (χ1n) is 5.27. The molecule has 90 valence electrons. The summed E-state index contributed by atoms with van der Waals surface area (Å²) in [5.74, 6) is 0. The summed E-state index contributed by atoms with van der Waals surface area (Å²) in [7, 11) is -3.71. The second-order valence-electron chi connectivity index (χ2n) is 3.95. The third-order valence-electron chi connectivity index (χ3n) is 2.23. The van der Waals surface area contributed by atoms with Crippen LogP contribution in [0.5, 0.6) is 0 Å². The second kappa shape index (κ2) is 4.43. The number of nitrogens with zero attached hydrogens (tertiary/aromatic N) is 1. The lowest BCUT2D eigenvalue weighted by Gasteiger charge is -2.10. The number of fused-ring (bicyclic) bond motifs is 1. The van der Waals surface area contributed by atoms with Crippen LogP contribution in [0.15, 0.2) is 41.6 Å². The highest BCUT2D eigenvalue weighted by molar-refractivity contribution is 7.87. The molecule has 0 aliphatic rings. The molecule has 2 rings (SSSR count). The van der Waals surface area contributed by atoms with Gasteiger partial charge in [-0.2, -0.15) is 8.42 Å². The summed E-state index contributed by atoms with van der Waals surface area (Å²) in [6.07, 6.45) is 2.82. The van der Waals surface area contributed by atoms with Gasteiger partial charge in [0.05, 0.1) is 6.10 Å². The summed E-state index contributed by atoms with van der Waals surface area (Å²) in [6, 6.07) is 6.71. The van der Waals surface area contributed by atoms with Gasteiger partial charge >= 0.3 is 0 Å². The van der Waals surface area contributed by atoms with Crippen molar-refractivity contribution in [2.45, 2.75) is 24.8 Å². The van der Waals surface area contributed by atoms with E-state index in [1.807, 2.05) is 6.07 Å². The lowest BCUT2D eigenvalue weighted by Crippen LogP contribution is -2.12. The van der Waals surface area contributed by atoms with Crippen LogP contribution < -0.4 is 0 Å². The Hall–Kier alpha value is -1.46. The molecule has 0 radical (unpaired) electrons. The predicted molar refractivity (Wildman–Crippen MR) is 65.1 cm³/mol. The highest BCUT2D eigenvalue weighted by atomic mass is 32.2. The maximum atomic E-state index is 12.0. The Balaban J connectivity index is 2.63. The molecule has 0 bridgehead atoms. The Kier molecular flexibility index (Phi) is 3.13. The molecule has 0 N–H and O–H groups in total. The average Bonchev–Trinajstić information content (AvgIpc) is 2.26. The first kappa shape index (κ1) is 12.0. The molecule has 0 unspecified atom stereocenters. The number of hydrogen-bond acceptors (Lipinski definition) is 4. The zero-order valence-corrected chi connectivity index (χ0v) is 10.4. The Morgan fingerprint density at radius 3 is 2.71 bits per heavy atom. The lowest BCUT2D eigenvalue weighted by molar-refractivity contribution is 0.249. The molecule has 17 heavy (non-hydrogen) atoms. The molecule has 0 aliphatic carbocycles. The molecule has 5 heteroatoms. The van der Waals surface area contributed by atoms with Gasteiger partial charge in [0.2, 0.25) is 0 Å². The van der Waals surface area contributed by atoms with E-state index in [1.54, 1.807) is 44.4 Å². The zero-order chi connectivity index (χ0) is 12.5. The van der Waals surface area contributed by atoms with Gasteiger partial charge in [0.15, 0.2) is 0 Å². The fraction of sp³-hybridized carbons (Fsp3) is 0.250. The summed E-state index contributed by atoms with van der Waals surface area (Å²) in [5.41, 5.74) is 0. The monoisotopic (exact) mass is 251 g/mol. The minimum Gasteiger partial charge on any atom is -0.264 e. The van der Waals surface area contributed by atoms with Crippen molar-refractivity contribution in [3.8, 4) is 0 Å². The van der Waals surface area contributed by atoms with Crippen LogP contribution in [0.1, 0.15) is 13.8 Å². The lowest BCUT2D eigenvalue weighted by atomic mass is 10.2. The first-order valence-corrected chi connectivity index (χ1v) is 6.67. The van der Waals surface area contributed by atoms with Crippen molar-refractivity contribution in [1.29, 1.82) is 0 Å². The fourth-order valence-corrected chi connectivity index (χ4v) is 2.93. The molecule has 0 aliphatic heterocycles. The van der Waals surface area contributed by atoms with Gasteiger partial charge in [-0.1, -0.05) is 12.1 Å². The van der Waals surface area contributed by atoms with Crippen molar-refractivity contribution in [3.05, 3.63) is 36.7 Å². The Morgan fingerprint density at radius 1 is 1.24 bits per heavy atom. The largest absolute Gasteiger partial charge is 0.297 e. The third-order valence-corrected chi connectivity index (χ3v) is 3.76. The van der Waals surface area contributed by atoms with E-state index in [-0.39, 0.29) is 11.0 Å². The van der Waals surface area contributed by atoms with Gasteiger partial charge in [-0.15, -0.1) is 0 Å². The van der Waals surface area contributed by atoms with E-state index in [1.165, 1.54) is 0 Å². The van der Waals surface area contributed by atoms with Gasteiger partial charge in [0.1, 0.15) is 4.90 Å². The van der Waals surface area contributed by atoms with Crippen molar-refractivity contribution in [3.63, 3.8) is 0 Å². The maximum Gasteiger partial charge on any atom is 0.297 e. The van der Waals surface area contributed by atoms with Crippen LogP contribution in [0.4, 0.5) is 0 Å². The molecular weight excluding hydrogens is 238 g/mol. The molecule has 2 aromatic rings. The van der Waals surface area contributed by atoms with E-state index in [0.717, 1.165) is 5.39 Å². The van der Waals surface area contributed by atoms with Gasteiger partial charge in [-0.25, -0.2) is 0 Å². The van der Waals surface area contributed by atoms with Crippen LogP contribution in [-0.2, 0) is 14.3 Å². The highest BCUT2D eigenvalue weighted by Crippen LogP contribution is 2.24. The van der Waals surface area contributed by atoms with Crippen molar-refractivity contribution in [2.75, 3.05) is 0 Å². The Labute approximate surface area is 100 Å². The summed E-state index contributed by atoms with van der Waals surface area (Å²) < 4.78 is 29.0. The molecule has 4 nitrogen and oxygen atoms in total. The third kappa shape index (κ3) is 2.45. The molecule has 0 saturated heterocycles. The van der Waals surface area contributed by atoms with E-state index >= 15 is 0 Å². The van der Waals surface area contributed by atoms with Gasteiger partial charge in [-0.05, 0) is 26.0 Å². The van der Waals surface area contributed by atoms with E-state index in [2.05, 4.69) is 4.98 Å². The molecule has 0 atom stereocenters. The molecule has 1 aromatic heterocycles. The molecule has 0 fully saturated rings. The van der Waals surface area contributed by atoms with E-state index < -0.39 is 10.1 Å². The SMILES string of the molecule is CC(C)OS(=O)(=O)c1cccc2cnccc12. The van der Waals surface area contributed by atoms with E-state index in [9.17, 15) is 8.42 Å². The standard InChI is InChI=1S/C12H13NO3S/c1-9(2)16-17(14,15)12-5-3-4-10-8-13-7-6-11(10)12/h3-9H,1-2H3. The number of benzene rings is 1. The van der Waals surface area contributed by atoms with E-state index in [0.29, 0.717) is 5.39 Å². The van der Waals surface area contributed by atoms with Crippen molar-refractivity contribution in [2.24, 2.45) is 0 Å². The van der Waals surface area contributed by atoms with Gasteiger partial charge in [-0.3, -0.25) is 9.17 Å². The summed E-state index contributed by atoms with van der Waals surface area (Å²) in [6.45, 7) is 3.37. The van der Waals surface area contributed by atoms with Crippen LogP contribution >= 0.6 is 0 Å². The van der Waals surface area contributed by atoms with Crippen molar-refractivity contribution >= 4 is 20.9 Å². The molecule has 0 amide bonds. The van der Waals surface area contributed by atoms with E-state index in [4.69, 9.17) is 4.18 Å². The smallest absolute Gasteiger partial charge is 0.264 e. The predicted octanol–water partition coefficient (Wildman–Crippen LogP) is 2.35. The van der Waals surface area contributed by atoms with Gasteiger partial charge < -0.3 is 0 Å². The maximum absolute atomic E-state index is 12.0. The normalized spacial score (nSPS) is 12.2. The van der Waals surface area contributed by atoms with Crippen molar-refractivity contribution in [1.82, 2.24) is 4.98 Å². The minimum atomic E-state index is -3.71. The fourth-order valence-electron chi connectivity index (χ4n) is 1.62. The second-order valence-corrected chi connectivity index (χ2v) is 5.49. The van der Waals surface area contributed by atoms with Crippen LogP contribution in [-0.4, -0.2) is 19.5 Å². The zero-order valence-electron chi connectivity index (χ0n) is 9.62. The van der Waals surface area contributed by atoms with Crippen LogP contribution in [0.2, 0.25) is 0 Å². The number of hydrogen-bond donors (Lipinski definition) is 0. The topological polar surface area (TPSA) is 56.3 Å². The van der Waals surface area contributed by atoms with Crippen LogP contribution in [0, 0.1) is 0 Å². The molecule has 1 aromatic carbocycles. The summed E-state index contributed by atoms with van der Waals surface area (Å²) in [4.78, 5) is 4.15. The minimum absolute atomic E-state index is 0.186. The van der Waals surface area contributed by atoms with Crippen molar-refractivity contribution < 1.29 is 12.6 Å². The first-order chi connectivity index (χ1) is 8.00. The van der Waals surface area contributed by atoms with Gasteiger partial charge in [0.25, 0.3) is 10.1 Å². The number of rotatable bonds is 3. The van der Waals surface area contributed by atoms with Crippen LogP contribution in [0.25, 0.3) is 10.8 Å². The molecule has 0 spiro atoms. The summed E-state index contributed by atoms with van der Waals surface area (Å²) >= 11 is 0. The molecule has 1 heterocycles. The quantitative estimate of drug-likeness (QED) is 0.786. The Bertz CT molecular complexity index is 630. The molecular formula is C12H13NO3S. The Morgan fingerprint density at radius 2 is 2.00 bits per heavy atom. The van der Waals surface area contributed by atoms with Crippen LogP contribution in [0.3, 0.4) is 0 Å². The number of pyridine rings is 1. The van der Waals surface area contributed by atoms with Gasteiger partial charge in [0, 0.05) is 23.2 Å². The average molecular weight is 251 g/mol. The summed E-state index contributed by atoms with van der Waals surface area (Å²) in [5, 5.41) is 1.41. The highest BCUT2D eigenvalue weighted by Gasteiger charge is 2.19. The molecule has 0 saturated carbocycles. The number of aromatic nitrogens is 1.